The van der Waals surface area contributed by atoms with Gasteiger partial charge in [-0.05, 0) is 160 Å². The molecule has 3 atom stereocenters. The number of carbonyl (C=O) groups excluding carboxylic acids is 3. The second-order valence-corrected chi connectivity index (χ2v) is 30.9. The molecule has 8 rings (SSSR count). The minimum absolute atomic E-state index is 0.0968. The van der Waals surface area contributed by atoms with Crippen LogP contribution in [0, 0.1) is 11.3 Å². The summed E-state index contributed by atoms with van der Waals surface area (Å²) in [6.07, 6.45) is 7.48. The molecule has 0 aliphatic carbocycles. The third-order valence-corrected chi connectivity index (χ3v) is 22.1. The highest BCUT2D eigenvalue weighted by molar-refractivity contribution is 7.86. The molecule has 3 aromatic heterocycles. The maximum atomic E-state index is 12.8. The molecule has 0 radical (unpaired) electrons. The van der Waals surface area contributed by atoms with Crippen LogP contribution in [0.4, 0.5) is 0 Å². The van der Waals surface area contributed by atoms with E-state index in [0.717, 1.165) is 85.8 Å². The van der Waals surface area contributed by atoms with Gasteiger partial charge in [0.2, 0.25) is 0 Å². The third-order valence-electron chi connectivity index (χ3n) is 15.1. The van der Waals surface area contributed by atoms with Crippen LogP contribution in [0.15, 0.2) is 120 Å². The van der Waals surface area contributed by atoms with Crippen LogP contribution < -0.4 is 4.74 Å². The van der Waals surface area contributed by atoms with Gasteiger partial charge in [0.15, 0.2) is 20.4 Å². The number of para-hydroxylation sites is 2. The molecule has 0 aliphatic heterocycles. The molecule has 0 spiro atoms. The third kappa shape index (κ3) is 17.1. The van der Waals surface area contributed by atoms with Crippen molar-refractivity contribution in [2.45, 2.75) is 156 Å². The fourth-order valence-electron chi connectivity index (χ4n) is 7.96. The second kappa shape index (κ2) is 28.7. The topological polar surface area (TPSA) is 179 Å². The Balaban J connectivity index is 0.000000205. The molecular weight excluding hydrogens is 1090 g/mol. The Morgan fingerprint density at radius 1 is 0.720 bits per heavy atom. The highest BCUT2D eigenvalue weighted by atomic mass is 32.2. The highest BCUT2D eigenvalue weighted by Gasteiger charge is 2.37. The Kier molecular flexibility index (Phi) is 22.6. The number of benzene rings is 5. The summed E-state index contributed by atoms with van der Waals surface area (Å²) in [7, 11) is -5.41. The molecule has 8 aromatic rings. The molecule has 0 bridgehead atoms. The molecule has 0 saturated heterocycles. The van der Waals surface area contributed by atoms with E-state index in [1.807, 2.05) is 126 Å². The maximum absolute atomic E-state index is 12.8. The van der Waals surface area contributed by atoms with Crippen molar-refractivity contribution in [2.75, 3.05) is 19.8 Å². The Labute approximate surface area is 490 Å². The largest absolute Gasteiger partial charge is 0.465 e. The first-order valence-electron chi connectivity index (χ1n) is 28.5. The van der Waals surface area contributed by atoms with E-state index in [0.29, 0.717) is 54.9 Å². The van der Waals surface area contributed by atoms with E-state index in [4.69, 9.17) is 23.1 Å². The van der Waals surface area contributed by atoms with Crippen LogP contribution >= 0.6 is 11.3 Å². The van der Waals surface area contributed by atoms with Crippen molar-refractivity contribution in [2.24, 2.45) is 11.3 Å². The molecule has 0 saturated carbocycles. The van der Waals surface area contributed by atoms with Crippen LogP contribution in [0.3, 0.4) is 0 Å². The van der Waals surface area contributed by atoms with Crippen molar-refractivity contribution in [1.29, 1.82) is 0 Å². The predicted octanol–water partition coefficient (Wildman–Crippen LogP) is 16.0. The smallest absolute Gasteiger partial charge is 0.316 e. The summed E-state index contributed by atoms with van der Waals surface area (Å²) in [4.78, 5) is 48.0. The highest BCUT2D eigenvalue weighted by Crippen LogP contribution is 2.45. The number of hydrogen-bond donors (Lipinski definition) is 0. The van der Waals surface area contributed by atoms with Gasteiger partial charge in [0.25, 0.3) is 10.1 Å². The number of rotatable bonds is 21. The summed E-state index contributed by atoms with van der Waals surface area (Å²) in [5.74, 6) is 0.791. The first-order valence-corrected chi connectivity index (χ1v) is 33.6. The van der Waals surface area contributed by atoms with E-state index in [9.17, 15) is 22.8 Å². The summed E-state index contributed by atoms with van der Waals surface area (Å²) < 4.78 is 48.1. The number of esters is 2. The minimum atomic E-state index is -3.68. The number of ether oxygens (including phenoxy) is 2. The zero-order valence-corrected chi connectivity index (χ0v) is 53.0. The van der Waals surface area contributed by atoms with Gasteiger partial charge in [0.1, 0.15) is 16.7 Å². The van der Waals surface area contributed by atoms with Crippen molar-refractivity contribution in [1.82, 2.24) is 25.0 Å². The fourth-order valence-corrected chi connectivity index (χ4v) is 11.1. The molecule has 82 heavy (non-hydrogen) atoms. The van der Waals surface area contributed by atoms with Crippen LogP contribution in [0.1, 0.15) is 154 Å². The molecule has 3 unspecified atom stereocenters. The number of nitrogens with zero attached hydrogens (tertiary/aromatic N) is 5. The van der Waals surface area contributed by atoms with E-state index in [-0.39, 0.29) is 34.4 Å². The van der Waals surface area contributed by atoms with Crippen molar-refractivity contribution < 1.29 is 40.9 Å². The Hall–Kier alpha value is -6.50. The molecule has 14 nitrogen and oxygen atoms in total. The summed E-state index contributed by atoms with van der Waals surface area (Å²) in [6.45, 7) is 30.2. The maximum Gasteiger partial charge on any atom is 0.316 e. The number of thiophene rings is 1. The van der Waals surface area contributed by atoms with Crippen molar-refractivity contribution in [3.63, 3.8) is 0 Å². The molecule has 5 aromatic carbocycles. The summed E-state index contributed by atoms with van der Waals surface area (Å²) in [6, 6.07) is 34.2. The number of aromatic nitrogens is 5. The monoisotopic (exact) mass is 1170 g/mol. The first kappa shape index (κ1) is 64.7. The van der Waals surface area contributed by atoms with Gasteiger partial charge in [0, 0.05) is 28.7 Å². The van der Waals surface area contributed by atoms with Crippen LogP contribution in [-0.4, -0.2) is 79.7 Å². The lowest BCUT2D eigenvalue weighted by atomic mass is 9.97. The average molecular weight is 1170 g/mol. The van der Waals surface area contributed by atoms with Crippen LogP contribution in [0.2, 0.25) is 18.1 Å². The van der Waals surface area contributed by atoms with E-state index in [2.05, 4.69) is 82.8 Å². The SMILES string of the molecule is CCC(C)C(=O)OCCc1ccc2c(OC(=O)C(C)(C)C)c(-c3cnc4ccccc4n3)sc2c1.CCC(C)c1ccc(C=O)c(-n2nc3ccccc3n2)c1.CCC(C)c1ccc(S(=O)(=O)OCCCCO[Si](C)(C)C(C)(C)C)cc1. The van der Waals surface area contributed by atoms with Crippen LogP contribution in [-0.2, 0) is 39.5 Å². The average Bonchev–Trinajstić information content (AvgIpc) is 4.29. The number of unbranched alkanes of at least 4 members (excludes halogenated alkanes) is 1. The van der Waals surface area contributed by atoms with E-state index < -0.39 is 23.9 Å². The first-order chi connectivity index (χ1) is 38.8. The molecule has 0 fully saturated rings. The van der Waals surface area contributed by atoms with Gasteiger partial charge in [0.05, 0.1) is 57.2 Å². The van der Waals surface area contributed by atoms with Crippen molar-refractivity contribution in [3.05, 3.63) is 138 Å². The quantitative estimate of drug-likeness (QED) is 0.0218. The minimum Gasteiger partial charge on any atom is -0.465 e. The molecule has 0 amide bonds. The van der Waals surface area contributed by atoms with Gasteiger partial charge in [-0.15, -0.1) is 26.3 Å². The number of hydrogen-bond acceptors (Lipinski definition) is 14. The summed E-state index contributed by atoms with van der Waals surface area (Å²) in [5, 5.41) is 9.96. The van der Waals surface area contributed by atoms with Crippen molar-refractivity contribution >= 4 is 80.2 Å². The lowest BCUT2D eigenvalue weighted by Gasteiger charge is -2.36. The summed E-state index contributed by atoms with van der Waals surface area (Å²) in [5.41, 5.74) is 7.95. The normalized spacial score (nSPS) is 13.1. The van der Waals surface area contributed by atoms with Gasteiger partial charge in [-0.1, -0.05) is 111 Å². The van der Waals surface area contributed by atoms with Gasteiger partial charge < -0.3 is 13.9 Å². The zero-order valence-electron chi connectivity index (χ0n) is 50.4. The van der Waals surface area contributed by atoms with Crippen LogP contribution in [0.25, 0.3) is 48.4 Å². The van der Waals surface area contributed by atoms with Gasteiger partial charge >= 0.3 is 11.9 Å². The number of fused-ring (bicyclic) bond motifs is 3. The molecule has 0 aliphatic rings. The second-order valence-electron chi connectivity index (χ2n) is 23.4. The van der Waals surface area contributed by atoms with Gasteiger partial charge in [-0.3, -0.25) is 23.6 Å². The molecule has 3 heterocycles. The van der Waals surface area contributed by atoms with Crippen LogP contribution in [0.5, 0.6) is 5.75 Å². The Morgan fingerprint density at radius 2 is 1.32 bits per heavy atom. The Morgan fingerprint density at radius 3 is 1.91 bits per heavy atom. The Bertz CT molecular complexity index is 3510. The van der Waals surface area contributed by atoms with Gasteiger partial charge in [-0.25, -0.2) is 4.98 Å². The molecule has 0 N–H and O–H groups in total. The zero-order chi connectivity index (χ0) is 60.0. The van der Waals surface area contributed by atoms with E-state index in [1.165, 1.54) is 16.9 Å². The lowest BCUT2D eigenvalue weighted by Crippen LogP contribution is -2.41. The number of aldehydes is 1. The standard InChI is InChI=1S/C28H30N2O4S.C20H36O4SSi.C17H17N3O/c1-6-17(2)26(31)33-14-13-18-11-12-19-23(15-18)35-25(24(19)34-27(32)28(3,4)5)22-16-29-20-9-7-8-10-21(20)30-22;1-8-17(2)18-11-13-19(14-12-18)25(21,22)23-15-9-10-16-24-26(6,7)20(3,4)5;1-3-12(2)13-8-9-14(11-21)17(10-13)20-18-15-6-4-5-7-16(15)19-20/h7-12,15-17H,6,13-14H2,1-5H3;11-14,17H,8-10,15-16H2,1-7H3;4-12H,3H2,1-2H3. The predicted molar refractivity (Wildman–Crippen MR) is 333 cm³/mol. The van der Waals surface area contributed by atoms with Crippen molar-refractivity contribution in [3.8, 4) is 22.0 Å². The lowest BCUT2D eigenvalue weighted by molar-refractivity contribution is -0.148. The van der Waals surface area contributed by atoms with E-state index >= 15 is 0 Å². The molecule has 438 valence electrons. The van der Waals surface area contributed by atoms with E-state index in [1.54, 1.807) is 23.1 Å². The molecular formula is C65H83N5O9S2Si. The summed E-state index contributed by atoms with van der Waals surface area (Å²) >= 11 is 1.51. The fraction of sp³-hybridized carbons (Fsp3) is 0.431. The molecule has 17 heteroatoms. The van der Waals surface area contributed by atoms with Gasteiger partial charge in [-0.2, -0.15) is 8.42 Å². The number of carbonyl (C=O) groups is 3.